The molecular weight excluding hydrogens is 390 g/mol. The molecule has 6 heteroatoms. The Labute approximate surface area is 151 Å². The van der Waals surface area contributed by atoms with Gasteiger partial charge in [-0.15, -0.1) is 0 Å². The van der Waals surface area contributed by atoms with Crippen molar-refractivity contribution in [2.45, 2.75) is 30.8 Å². The van der Waals surface area contributed by atoms with Gasteiger partial charge in [-0.2, -0.15) is 4.31 Å². The molecule has 1 heterocycles. The predicted octanol–water partition coefficient (Wildman–Crippen LogP) is 3.99. The van der Waals surface area contributed by atoms with Gasteiger partial charge in [0.15, 0.2) is 0 Å². The van der Waals surface area contributed by atoms with E-state index in [2.05, 4.69) is 15.9 Å². The summed E-state index contributed by atoms with van der Waals surface area (Å²) >= 11 is 3.47. The van der Waals surface area contributed by atoms with E-state index >= 15 is 0 Å². The molecule has 0 aromatic heterocycles. The minimum Gasteiger partial charge on any atom is -0.489 e. The highest BCUT2D eigenvalue weighted by Gasteiger charge is 2.30. The lowest BCUT2D eigenvalue weighted by Crippen LogP contribution is -2.41. The van der Waals surface area contributed by atoms with Crippen LogP contribution in [0.3, 0.4) is 0 Å². The molecule has 4 nitrogen and oxygen atoms in total. The molecule has 3 rings (SSSR count). The number of hydrogen-bond acceptors (Lipinski definition) is 3. The molecule has 2 aromatic carbocycles. The van der Waals surface area contributed by atoms with Crippen LogP contribution in [0.25, 0.3) is 0 Å². The van der Waals surface area contributed by atoms with Crippen LogP contribution < -0.4 is 4.74 Å². The summed E-state index contributed by atoms with van der Waals surface area (Å²) in [5.74, 6) is 0.803. The molecule has 0 radical (unpaired) electrons. The molecule has 2 aromatic rings. The maximum Gasteiger partial charge on any atom is 0.243 e. The van der Waals surface area contributed by atoms with E-state index in [4.69, 9.17) is 4.74 Å². The number of ether oxygens (including phenoxy) is 1. The fourth-order valence-electron chi connectivity index (χ4n) is 2.77. The maximum absolute atomic E-state index is 12.7. The number of halogens is 1. The molecule has 0 saturated carbocycles. The second-order valence-corrected chi connectivity index (χ2v) is 8.76. The van der Waals surface area contributed by atoms with Gasteiger partial charge >= 0.3 is 0 Å². The second kappa shape index (κ2) is 7.25. The lowest BCUT2D eigenvalue weighted by Gasteiger charge is -2.31. The van der Waals surface area contributed by atoms with Crippen LogP contribution >= 0.6 is 15.9 Å². The number of para-hydroxylation sites is 1. The molecule has 0 bridgehead atoms. The number of hydrogen-bond donors (Lipinski definition) is 0. The number of aryl methyl sites for hydroxylation is 1. The van der Waals surface area contributed by atoms with Gasteiger partial charge in [0.1, 0.15) is 11.9 Å². The summed E-state index contributed by atoms with van der Waals surface area (Å²) in [6.07, 6.45) is 1.41. The molecule has 0 N–H and O–H groups in total. The van der Waals surface area contributed by atoms with Gasteiger partial charge in [0.05, 0.1) is 9.37 Å². The van der Waals surface area contributed by atoms with Gasteiger partial charge in [0, 0.05) is 13.1 Å². The van der Waals surface area contributed by atoms with E-state index in [9.17, 15) is 8.42 Å². The average Bonchev–Trinajstić information content (AvgIpc) is 2.58. The van der Waals surface area contributed by atoms with Gasteiger partial charge in [0.2, 0.25) is 10.0 Å². The van der Waals surface area contributed by atoms with E-state index in [-0.39, 0.29) is 6.10 Å². The third-order valence-electron chi connectivity index (χ3n) is 4.19. The van der Waals surface area contributed by atoms with Crippen LogP contribution in [-0.4, -0.2) is 31.9 Å². The van der Waals surface area contributed by atoms with Crippen LogP contribution in [0, 0.1) is 6.92 Å². The number of nitrogens with zero attached hydrogens (tertiary/aromatic N) is 1. The number of piperidine rings is 1. The van der Waals surface area contributed by atoms with Crippen LogP contribution in [0.2, 0.25) is 0 Å². The third kappa shape index (κ3) is 3.82. The van der Waals surface area contributed by atoms with Crippen molar-refractivity contribution in [3.05, 3.63) is 58.6 Å². The summed E-state index contributed by atoms with van der Waals surface area (Å²) in [7, 11) is -3.41. The molecule has 0 amide bonds. The molecule has 0 spiro atoms. The first-order valence-corrected chi connectivity index (χ1v) is 10.2. The van der Waals surface area contributed by atoms with Gasteiger partial charge in [-0.25, -0.2) is 8.42 Å². The van der Waals surface area contributed by atoms with Gasteiger partial charge in [0.25, 0.3) is 0 Å². The second-order valence-electron chi connectivity index (χ2n) is 5.96. The van der Waals surface area contributed by atoms with E-state index in [1.54, 1.807) is 16.4 Å². The van der Waals surface area contributed by atoms with E-state index in [1.807, 2.05) is 43.3 Å². The molecule has 0 aliphatic carbocycles. The Balaban J connectivity index is 1.64. The van der Waals surface area contributed by atoms with Gasteiger partial charge < -0.3 is 4.74 Å². The van der Waals surface area contributed by atoms with E-state index in [0.717, 1.165) is 15.8 Å². The summed E-state index contributed by atoms with van der Waals surface area (Å²) in [5, 5.41) is 0. The van der Waals surface area contributed by atoms with E-state index in [0.29, 0.717) is 30.8 Å². The van der Waals surface area contributed by atoms with Crippen molar-refractivity contribution >= 4 is 26.0 Å². The SMILES string of the molecule is Cc1ccc(S(=O)(=O)N2CCC(Oc3ccccc3Br)CC2)cc1. The molecule has 1 saturated heterocycles. The van der Waals surface area contributed by atoms with Crippen LogP contribution in [0.5, 0.6) is 5.75 Å². The number of sulfonamides is 1. The highest BCUT2D eigenvalue weighted by atomic mass is 79.9. The van der Waals surface area contributed by atoms with Gasteiger partial charge in [-0.3, -0.25) is 0 Å². The summed E-state index contributed by atoms with van der Waals surface area (Å²) in [5.41, 5.74) is 1.05. The minimum absolute atomic E-state index is 0.0353. The van der Waals surface area contributed by atoms with E-state index < -0.39 is 10.0 Å². The summed E-state index contributed by atoms with van der Waals surface area (Å²) in [6, 6.07) is 14.7. The monoisotopic (exact) mass is 409 g/mol. The summed E-state index contributed by atoms with van der Waals surface area (Å²) in [4.78, 5) is 0.360. The molecule has 0 atom stereocenters. The number of rotatable bonds is 4. The molecule has 128 valence electrons. The first-order valence-electron chi connectivity index (χ1n) is 7.95. The van der Waals surface area contributed by atoms with Crippen molar-refractivity contribution in [3.63, 3.8) is 0 Å². The zero-order valence-corrected chi connectivity index (χ0v) is 15.9. The van der Waals surface area contributed by atoms with Crippen LogP contribution in [0.4, 0.5) is 0 Å². The molecule has 0 unspecified atom stereocenters. The Bertz CT molecular complexity index is 797. The Kier molecular flexibility index (Phi) is 5.27. The fourth-order valence-corrected chi connectivity index (χ4v) is 4.62. The van der Waals surface area contributed by atoms with Crippen molar-refractivity contribution in [2.24, 2.45) is 0 Å². The first-order chi connectivity index (χ1) is 11.5. The Morgan fingerprint density at radius 3 is 2.29 bits per heavy atom. The quantitative estimate of drug-likeness (QED) is 0.766. The fraction of sp³-hybridized carbons (Fsp3) is 0.333. The largest absolute Gasteiger partial charge is 0.489 e. The highest BCUT2D eigenvalue weighted by Crippen LogP contribution is 2.28. The van der Waals surface area contributed by atoms with Crippen LogP contribution in [0.1, 0.15) is 18.4 Å². The normalized spacial score (nSPS) is 16.9. The van der Waals surface area contributed by atoms with Gasteiger partial charge in [-0.05, 0) is 60.0 Å². The first kappa shape index (κ1) is 17.5. The molecular formula is C18H20BrNO3S. The average molecular weight is 410 g/mol. The Hall–Kier alpha value is -1.37. The van der Waals surface area contributed by atoms with Crippen LogP contribution in [-0.2, 0) is 10.0 Å². The minimum atomic E-state index is -3.41. The zero-order chi connectivity index (χ0) is 17.2. The van der Waals surface area contributed by atoms with Crippen molar-refractivity contribution in [1.82, 2.24) is 4.31 Å². The molecule has 1 fully saturated rings. The van der Waals surface area contributed by atoms with Crippen LogP contribution in [0.15, 0.2) is 57.9 Å². The zero-order valence-electron chi connectivity index (χ0n) is 13.5. The van der Waals surface area contributed by atoms with Crippen molar-refractivity contribution < 1.29 is 13.2 Å². The molecule has 24 heavy (non-hydrogen) atoms. The topological polar surface area (TPSA) is 46.6 Å². The maximum atomic E-state index is 12.7. The highest BCUT2D eigenvalue weighted by molar-refractivity contribution is 9.10. The van der Waals surface area contributed by atoms with Gasteiger partial charge in [-0.1, -0.05) is 29.8 Å². The standard InChI is InChI=1S/C18H20BrNO3S/c1-14-6-8-16(9-7-14)24(21,22)20-12-10-15(11-13-20)23-18-5-3-2-4-17(18)19/h2-9,15H,10-13H2,1H3. The summed E-state index contributed by atoms with van der Waals surface area (Å²) in [6.45, 7) is 2.90. The van der Waals surface area contributed by atoms with E-state index in [1.165, 1.54) is 0 Å². The third-order valence-corrected chi connectivity index (χ3v) is 6.76. The Morgan fingerprint density at radius 2 is 1.67 bits per heavy atom. The predicted molar refractivity (Wildman–Crippen MR) is 97.7 cm³/mol. The lowest BCUT2D eigenvalue weighted by molar-refractivity contribution is 0.134. The lowest BCUT2D eigenvalue weighted by atomic mass is 10.1. The Morgan fingerprint density at radius 1 is 1.04 bits per heavy atom. The summed E-state index contributed by atoms with van der Waals surface area (Å²) < 4.78 is 33.9. The number of benzene rings is 2. The molecule has 1 aliphatic rings. The smallest absolute Gasteiger partial charge is 0.243 e. The van der Waals surface area contributed by atoms with Crippen molar-refractivity contribution in [1.29, 1.82) is 0 Å². The van der Waals surface area contributed by atoms with Crippen molar-refractivity contribution in [2.75, 3.05) is 13.1 Å². The molecule has 1 aliphatic heterocycles. The van der Waals surface area contributed by atoms with Crippen molar-refractivity contribution in [3.8, 4) is 5.75 Å².